The summed E-state index contributed by atoms with van der Waals surface area (Å²) in [6.07, 6.45) is 0. The van der Waals surface area contributed by atoms with E-state index in [1.165, 1.54) is 6.07 Å². The zero-order chi connectivity index (χ0) is 16.2. The van der Waals surface area contributed by atoms with Crippen molar-refractivity contribution in [3.8, 4) is 17.0 Å². The molecule has 7 heteroatoms. The normalized spacial score (nSPS) is 15.5. The summed E-state index contributed by atoms with van der Waals surface area (Å²) in [5.41, 5.74) is 2.31. The van der Waals surface area contributed by atoms with Crippen molar-refractivity contribution < 1.29 is 23.9 Å². The highest BCUT2D eigenvalue weighted by atomic mass is 16.5. The highest BCUT2D eigenvalue weighted by Crippen LogP contribution is 2.27. The average molecular weight is 318 g/mol. The van der Waals surface area contributed by atoms with Crippen LogP contribution in [0.25, 0.3) is 11.3 Å². The lowest BCUT2D eigenvalue weighted by molar-refractivity contribution is 0.0339. The molecule has 3 rings (SSSR count). The molecule has 0 unspecified atom stereocenters. The lowest BCUT2D eigenvalue weighted by Gasteiger charge is -2.27. The minimum atomic E-state index is -1.13. The fourth-order valence-electron chi connectivity index (χ4n) is 2.57. The monoisotopic (exact) mass is 318 g/mol. The zero-order valence-electron chi connectivity index (χ0n) is 12.8. The molecule has 122 valence electrons. The molecule has 1 aromatic heterocycles. The molecular formula is C16H18N2O5. The SMILES string of the molecule is COc1ccc(-c2cc(C(=O)O)on2)cc1CN1CCOCC1. The Morgan fingerprint density at radius 1 is 1.35 bits per heavy atom. The molecule has 1 saturated heterocycles. The molecule has 2 aromatic rings. The summed E-state index contributed by atoms with van der Waals surface area (Å²) in [4.78, 5) is 13.2. The predicted octanol–water partition coefficient (Wildman–Crippen LogP) is 1.88. The van der Waals surface area contributed by atoms with E-state index in [0.29, 0.717) is 5.69 Å². The molecule has 2 heterocycles. The standard InChI is InChI=1S/C16H18N2O5/c1-21-14-3-2-11(13-9-15(16(19)20)23-17-13)8-12(14)10-18-4-6-22-7-5-18/h2-3,8-9H,4-7,10H2,1H3,(H,19,20). The molecule has 0 spiro atoms. The van der Waals surface area contributed by atoms with Gasteiger partial charge in [-0.1, -0.05) is 5.16 Å². The molecule has 0 aliphatic carbocycles. The van der Waals surface area contributed by atoms with Gasteiger partial charge in [0.15, 0.2) is 0 Å². The van der Waals surface area contributed by atoms with Crippen LogP contribution in [-0.4, -0.2) is 54.5 Å². The molecule has 1 N–H and O–H groups in total. The minimum absolute atomic E-state index is 0.175. The Hall–Kier alpha value is -2.38. The Bertz CT molecular complexity index is 692. The van der Waals surface area contributed by atoms with E-state index in [1.807, 2.05) is 18.2 Å². The van der Waals surface area contributed by atoms with Gasteiger partial charge >= 0.3 is 5.97 Å². The summed E-state index contributed by atoms with van der Waals surface area (Å²) in [5.74, 6) is -0.515. The number of morpholine rings is 1. The van der Waals surface area contributed by atoms with Crippen LogP contribution in [0.15, 0.2) is 28.8 Å². The second-order valence-electron chi connectivity index (χ2n) is 5.30. The number of carboxylic acids is 1. The third kappa shape index (κ3) is 3.52. The number of carbonyl (C=O) groups is 1. The zero-order valence-corrected chi connectivity index (χ0v) is 12.8. The van der Waals surface area contributed by atoms with Crippen molar-refractivity contribution >= 4 is 5.97 Å². The van der Waals surface area contributed by atoms with Crippen LogP contribution in [0.1, 0.15) is 16.1 Å². The minimum Gasteiger partial charge on any atom is -0.496 e. The first kappa shape index (κ1) is 15.5. The number of benzene rings is 1. The molecule has 0 bridgehead atoms. The highest BCUT2D eigenvalue weighted by Gasteiger charge is 2.16. The number of hydrogen-bond donors (Lipinski definition) is 1. The molecular weight excluding hydrogens is 300 g/mol. The molecule has 0 radical (unpaired) electrons. The maximum atomic E-state index is 10.9. The van der Waals surface area contributed by atoms with Gasteiger partial charge in [-0.2, -0.15) is 0 Å². The van der Waals surface area contributed by atoms with Crippen LogP contribution in [0.5, 0.6) is 5.75 Å². The number of nitrogens with zero attached hydrogens (tertiary/aromatic N) is 2. The van der Waals surface area contributed by atoms with E-state index < -0.39 is 5.97 Å². The first-order valence-corrected chi connectivity index (χ1v) is 7.35. The van der Waals surface area contributed by atoms with Crippen LogP contribution < -0.4 is 4.74 Å². The van der Waals surface area contributed by atoms with Gasteiger partial charge in [-0.25, -0.2) is 4.79 Å². The van der Waals surface area contributed by atoms with Crippen molar-refractivity contribution in [1.29, 1.82) is 0 Å². The Morgan fingerprint density at radius 3 is 2.78 bits per heavy atom. The number of aromatic nitrogens is 1. The quantitative estimate of drug-likeness (QED) is 0.901. The second-order valence-corrected chi connectivity index (χ2v) is 5.30. The van der Waals surface area contributed by atoms with E-state index in [2.05, 4.69) is 10.1 Å². The molecule has 1 aliphatic rings. The van der Waals surface area contributed by atoms with Crippen LogP contribution >= 0.6 is 0 Å². The summed E-state index contributed by atoms with van der Waals surface area (Å²) in [7, 11) is 1.64. The number of ether oxygens (including phenoxy) is 2. The van der Waals surface area contributed by atoms with Gasteiger partial charge in [0, 0.05) is 36.8 Å². The molecule has 0 atom stereocenters. The van der Waals surface area contributed by atoms with E-state index in [1.54, 1.807) is 7.11 Å². The fraction of sp³-hybridized carbons (Fsp3) is 0.375. The van der Waals surface area contributed by atoms with Gasteiger partial charge < -0.3 is 19.1 Å². The number of carboxylic acid groups (broad SMARTS) is 1. The van der Waals surface area contributed by atoms with Gasteiger partial charge in [0.1, 0.15) is 11.4 Å². The lowest BCUT2D eigenvalue weighted by Crippen LogP contribution is -2.35. The van der Waals surface area contributed by atoms with E-state index in [0.717, 1.165) is 49.7 Å². The summed E-state index contributed by atoms with van der Waals surface area (Å²) in [5, 5.41) is 12.7. The van der Waals surface area contributed by atoms with Gasteiger partial charge in [0.05, 0.1) is 20.3 Å². The largest absolute Gasteiger partial charge is 0.496 e. The maximum Gasteiger partial charge on any atom is 0.374 e. The van der Waals surface area contributed by atoms with Crippen molar-refractivity contribution in [3.63, 3.8) is 0 Å². The van der Waals surface area contributed by atoms with Crippen molar-refractivity contribution in [3.05, 3.63) is 35.6 Å². The Labute approximate surface area is 133 Å². The van der Waals surface area contributed by atoms with Crippen LogP contribution in [0.2, 0.25) is 0 Å². The second kappa shape index (κ2) is 6.80. The molecule has 0 amide bonds. The Morgan fingerprint density at radius 2 is 2.13 bits per heavy atom. The van der Waals surface area contributed by atoms with Crippen LogP contribution in [0.4, 0.5) is 0 Å². The van der Waals surface area contributed by atoms with Crippen molar-refractivity contribution in [2.45, 2.75) is 6.54 Å². The van der Waals surface area contributed by atoms with Gasteiger partial charge in [-0.05, 0) is 18.2 Å². The third-order valence-corrected chi connectivity index (χ3v) is 3.79. The summed E-state index contributed by atoms with van der Waals surface area (Å²) in [6, 6.07) is 7.08. The number of methoxy groups -OCH3 is 1. The van der Waals surface area contributed by atoms with Crippen molar-refractivity contribution in [1.82, 2.24) is 10.1 Å². The smallest absolute Gasteiger partial charge is 0.374 e. The van der Waals surface area contributed by atoms with Crippen LogP contribution in [-0.2, 0) is 11.3 Å². The molecule has 23 heavy (non-hydrogen) atoms. The van der Waals surface area contributed by atoms with Crippen molar-refractivity contribution in [2.24, 2.45) is 0 Å². The third-order valence-electron chi connectivity index (χ3n) is 3.79. The van der Waals surface area contributed by atoms with Crippen LogP contribution in [0.3, 0.4) is 0 Å². The maximum absolute atomic E-state index is 10.9. The Balaban J connectivity index is 1.86. The van der Waals surface area contributed by atoms with Crippen LogP contribution in [0, 0.1) is 0 Å². The van der Waals surface area contributed by atoms with Gasteiger partial charge in [-0.15, -0.1) is 0 Å². The summed E-state index contributed by atoms with van der Waals surface area (Å²) in [6.45, 7) is 3.95. The molecule has 1 aromatic carbocycles. The molecule has 0 saturated carbocycles. The topological polar surface area (TPSA) is 85.0 Å². The summed E-state index contributed by atoms with van der Waals surface area (Å²) < 4.78 is 15.6. The van der Waals surface area contributed by atoms with Gasteiger partial charge in [0.25, 0.3) is 0 Å². The summed E-state index contributed by atoms with van der Waals surface area (Å²) >= 11 is 0. The number of rotatable bonds is 5. The highest BCUT2D eigenvalue weighted by molar-refractivity contribution is 5.85. The molecule has 1 fully saturated rings. The van der Waals surface area contributed by atoms with E-state index >= 15 is 0 Å². The predicted molar refractivity (Wildman–Crippen MR) is 81.5 cm³/mol. The molecule has 7 nitrogen and oxygen atoms in total. The Kier molecular flexibility index (Phi) is 4.59. The van der Waals surface area contributed by atoms with Gasteiger partial charge in [-0.3, -0.25) is 4.90 Å². The average Bonchev–Trinajstić information content (AvgIpc) is 3.06. The lowest BCUT2D eigenvalue weighted by atomic mass is 10.1. The first-order chi connectivity index (χ1) is 11.2. The molecule has 1 aliphatic heterocycles. The van der Waals surface area contributed by atoms with Gasteiger partial charge in [0.2, 0.25) is 5.76 Å². The number of aromatic carboxylic acids is 1. The van der Waals surface area contributed by atoms with E-state index in [4.69, 9.17) is 19.1 Å². The fourth-order valence-corrected chi connectivity index (χ4v) is 2.57. The number of hydrogen-bond acceptors (Lipinski definition) is 6. The van der Waals surface area contributed by atoms with E-state index in [-0.39, 0.29) is 5.76 Å². The van der Waals surface area contributed by atoms with Crippen molar-refractivity contribution in [2.75, 3.05) is 33.4 Å². The van der Waals surface area contributed by atoms with E-state index in [9.17, 15) is 4.79 Å². The first-order valence-electron chi connectivity index (χ1n) is 7.35.